The first-order valence-electron chi connectivity index (χ1n) is 12.4. The summed E-state index contributed by atoms with van der Waals surface area (Å²) in [6.45, 7) is 3.77. The Kier molecular flexibility index (Phi) is 7.43. The number of aliphatic carboxylic acids is 1. The molecule has 0 bridgehead atoms. The highest BCUT2D eigenvalue weighted by Crippen LogP contribution is 2.44. The quantitative estimate of drug-likeness (QED) is 0.503. The fourth-order valence-corrected chi connectivity index (χ4v) is 5.48. The molecule has 7 heteroatoms. The summed E-state index contributed by atoms with van der Waals surface area (Å²) in [5.41, 5.74) is 3.80. The van der Waals surface area contributed by atoms with E-state index in [0.29, 0.717) is 0 Å². The Labute approximate surface area is 206 Å². The lowest BCUT2D eigenvalue weighted by Crippen LogP contribution is -2.50. The molecular weight excluding hydrogens is 444 g/mol. The maximum Gasteiger partial charge on any atom is 0.407 e. The van der Waals surface area contributed by atoms with Crippen molar-refractivity contribution in [2.75, 3.05) is 6.61 Å². The lowest BCUT2D eigenvalue weighted by molar-refractivity contribution is -0.139. The third-order valence-corrected chi connectivity index (χ3v) is 7.08. The van der Waals surface area contributed by atoms with E-state index in [2.05, 4.69) is 34.9 Å². The number of alkyl carbamates (subject to hydrolysis) is 1. The Balaban J connectivity index is 1.31. The molecule has 2 aliphatic carbocycles. The minimum atomic E-state index is -0.839. The lowest BCUT2D eigenvalue weighted by Gasteiger charge is -2.33. The van der Waals surface area contributed by atoms with Crippen molar-refractivity contribution in [2.24, 2.45) is 5.92 Å². The Hall–Kier alpha value is -3.35. The van der Waals surface area contributed by atoms with Gasteiger partial charge >= 0.3 is 12.1 Å². The van der Waals surface area contributed by atoms with Crippen molar-refractivity contribution < 1.29 is 24.2 Å². The van der Waals surface area contributed by atoms with Gasteiger partial charge in [0.25, 0.3) is 0 Å². The van der Waals surface area contributed by atoms with Gasteiger partial charge in [-0.05, 0) is 54.9 Å². The first-order valence-corrected chi connectivity index (χ1v) is 12.4. The zero-order valence-corrected chi connectivity index (χ0v) is 20.4. The van der Waals surface area contributed by atoms with Gasteiger partial charge in [-0.15, -0.1) is 0 Å². The van der Waals surface area contributed by atoms with E-state index in [1.807, 2.05) is 24.3 Å². The number of benzene rings is 2. The first kappa shape index (κ1) is 24.8. The van der Waals surface area contributed by atoms with Crippen LogP contribution >= 0.6 is 0 Å². The van der Waals surface area contributed by atoms with Crippen molar-refractivity contribution in [3.8, 4) is 11.1 Å². The van der Waals surface area contributed by atoms with Gasteiger partial charge in [-0.25, -0.2) is 4.79 Å². The van der Waals surface area contributed by atoms with Crippen molar-refractivity contribution in [1.82, 2.24) is 10.6 Å². The first-order chi connectivity index (χ1) is 16.7. The number of carboxylic acid groups (broad SMARTS) is 1. The number of carboxylic acids is 1. The Morgan fingerprint density at radius 2 is 1.57 bits per heavy atom. The van der Waals surface area contributed by atoms with Gasteiger partial charge in [0, 0.05) is 23.9 Å². The molecule has 0 aliphatic heterocycles. The van der Waals surface area contributed by atoms with Gasteiger partial charge in [0.15, 0.2) is 0 Å². The van der Waals surface area contributed by atoms with Crippen molar-refractivity contribution in [2.45, 2.75) is 69.9 Å². The van der Waals surface area contributed by atoms with Gasteiger partial charge in [-0.3, -0.25) is 9.59 Å². The summed E-state index contributed by atoms with van der Waals surface area (Å²) in [5, 5.41) is 15.0. The third kappa shape index (κ3) is 6.02. The maximum atomic E-state index is 12.7. The molecule has 2 atom stereocenters. The molecule has 2 aliphatic rings. The van der Waals surface area contributed by atoms with Crippen molar-refractivity contribution in [3.63, 3.8) is 0 Å². The molecule has 3 N–H and O–H groups in total. The standard InChI is InChI=1S/C28H34N2O5/c1-28(2,16-25(31)29-24-14-8-3-9-18(24)15-26(32)33)30-27(34)35-17-23-21-12-6-4-10-19(21)20-11-5-7-13-22(20)23/h4-7,10-13,18,23-24H,3,8-9,14-17H2,1-2H3,(H,29,31)(H,30,34)(H,32,33)/t18-,24-/m0/s1. The Bertz CT molecular complexity index is 1050. The van der Waals surface area contributed by atoms with Crippen molar-refractivity contribution >= 4 is 18.0 Å². The highest BCUT2D eigenvalue weighted by Gasteiger charge is 2.32. The van der Waals surface area contributed by atoms with Gasteiger partial charge in [-0.2, -0.15) is 0 Å². The lowest BCUT2D eigenvalue weighted by atomic mass is 9.82. The molecule has 186 valence electrons. The number of ether oxygens (including phenoxy) is 1. The molecule has 0 radical (unpaired) electrons. The summed E-state index contributed by atoms with van der Waals surface area (Å²) in [5.74, 6) is -1.12. The number of rotatable bonds is 8. The predicted octanol–water partition coefficient (Wildman–Crippen LogP) is 4.84. The van der Waals surface area contributed by atoms with Crippen LogP contribution in [0.1, 0.15) is 69.4 Å². The second kappa shape index (κ2) is 10.5. The molecular formula is C28H34N2O5. The maximum absolute atomic E-state index is 12.7. The largest absolute Gasteiger partial charge is 0.481 e. The minimum absolute atomic E-state index is 0.0305. The number of nitrogens with one attached hydrogen (secondary N) is 2. The van der Waals surface area contributed by atoms with Gasteiger partial charge in [-0.1, -0.05) is 61.4 Å². The summed E-state index contributed by atoms with van der Waals surface area (Å²) in [7, 11) is 0. The Morgan fingerprint density at radius 1 is 0.971 bits per heavy atom. The van der Waals surface area contributed by atoms with E-state index >= 15 is 0 Å². The van der Waals surface area contributed by atoms with E-state index in [0.717, 1.165) is 47.9 Å². The van der Waals surface area contributed by atoms with E-state index in [9.17, 15) is 14.4 Å². The molecule has 2 aromatic carbocycles. The average molecular weight is 479 g/mol. The summed E-state index contributed by atoms with van der Waals surface area (Å²) < 4.78 is 5.62. The monoisotopic (exact) mass is 478 g/mol. The predicted molar refractivity (Wildman–Crippen MR) is 133 cm³/mol. The number of hydrogen-bond acceptors (Lipinski definition) is 4. The molecule has 0 unspecified atom stereocenters. The molecule has 35 heavy (non-hydrogen) atoms. The molecule has 0 aromatic heterocycles. The van der Waals surface area contributed by atoms with Gasteiger partial charge in [0.2, 0.25) is 5.91 Å². The van der Waals surface area contributed by atoms with Crippen LogP contribution in [0.5, 0.6) is 0 Å². The summed E-state index contributed by atoms with van der Waals surface area (Å²) >= 11 is 0. The van der Waals surface area contributed by atoms with Crippen LogP contribution < -0.4 is 10.6 Å². The van der Waals surface area contributed by atoms with Crippen LogP contribution in [0.25, 0.3) is 11.1 Å². The Morgan fingerprint density at radius 3 is 2.20 bits per heavy atom. The number of hydrogen-bond donors (Lipinski definition) is 3. The summed E-state index contributed by atoms with van der Waals surface area (Å²) in [6.07, 6.45) is 3.12. The highest BCUT2D eigenvalue weighted by molar-refractivity contribution is 5.80. The zero-order valence-electron chi connectivity index (χ0n) is 20.4. The highest BCUT2D eigenvalue weighted by atomic mass is 16.5. The number of fused-ring (bicyclic) bond motifs is 3. The third-order valence-electron chi connectivity index (χ3n) is 7.08. The van der Waals surface area contributed by atoms with Crippen LogP contribution in [0.15, 0.2) is 48.5 Å². The normalized spacial score (nSPS) is 19.4. The fraction of sp³-hybridized carbons (Fsp3) is 0.464. The number of carbonyl (C=O) groups excluding carboxylic acids is 2. The smallest absolute Gasteiger partial charge is 0.407 e. The van der Waals surface area contributed by atoms with E-state index in [-0.39, 0.29) is 43.2 Å². The van der Waals surface area contributed by atoms with Gasteiger partial charge in [0.1, 0.15) is 6.61 Å². The molecule has 0 heterocycles. The molecule has 4 rings (SSSR count). The summed E-state index contributed by atoms with van der Waals surface area (Å²) in [6, 6.07) is 16.2. The van der Waals surface area contributed by atoms with Crippen LogP contribution in [0.2, 0.25) is 0 Å². The van der Waals surface area contributed by atoms with E-state index in [1.165, 1.54) is 0 Å². The topological polar surface area (TPSA) is 105 Å². The minimum Gasteiger partial charge on any atom is -0.481 e. The van der Waals surface area contributed by atoms with Crippen LogP contribution in [-0.2, 0) is 14.3 Å². The van der Waals surface area contributed by atoms with Crippen LogP contribution in [-0.4, -0.2) is 41.3 Å². The zero-order chi connectivity index (χ0) is 25.0. The number of amides is 2. The van der Waals surface area contributed by atoms with Crippen LogP contribution in [0.4, 0.5) is 4.79 Å². The average Bonchev–Trinajstić information content (AvgIpc) is 3.12. The second-order valence-corrected chi connectivity index (χ2v) is 10.3. The van der Waals surface area contributed by atoms with E-state index in [1.54, 1.807) is 13.8 Å². The molecule has 1 saturated carbocycles. The molecule has 0 saturated heterocycles. The van der Waals surface area contributed by atoms with Gasteiger partial charge in [0.05, 0.1) is 6.42 Å². The molecule has 1 fully saturated rings. The van der Waals surface area contributed by atoms with Crippen molar-refractivity contribution in [3.05, 3.63) is 59.7 Å². The SMILES string of the molecule is CC(C)(CC(=O)N[C@H]1CCCC[C@H]1CC(=O)O)NC(=O)OCC1c2ccccc2-c2ccccc21. The summed E-state index contributed by atoms with van der Waals surface area (Å²) in [4.78, 5) is 36.6. The van der Waals surface area contributed by atoms with E-state index in [4.69, 9.17) is 9.84 Å². The molecule has 2 aromatic rings. The second-order valence-electron chi connectivity index (χ2n) is 10.3. The molecule has 7 nitrogen and oxygen atoms in total. The van der Waals surface area contributed by atoms with E-state index < -0.39 is 17.6 Å². The fourth-order valence-electron chi connectivity index (χ4n) is 5.48. The van der Waals surface area contributed by atoms with Gasteiger partial charge < -0.3 is 20.5 Å². The van der Waals surface area contributed by atoms with Crippen LogP contribution in [0.3, 0.4) is 0 Å². The molecule has 2 amide bonds. The van der Waals surface area contributed by atoms with Crippen molar-refractivity contribution in [1.29, 1.82) is 0 Å². The molecule has 0 spiro atoms. The number of carbonyl (C=O) groups is 3. The van der Waals surface area contributed by atoms with Crippen LogP contribution in [0, 0.1) is 5.92 Å².